The van der Waals surface area contributed by atoms with E-state index in [9.17, 15) is 0 Å². The fourth-order valence-electron chi connectivity index (χ4n) is 2.54. The summed E-state index contributed by atoms with van der Waals surface area (Å²) >= 11 is 0. The van der Waals surface area contributed by atoms with Crippen LogP contribution >= 0.6 is 0 Å². The number of rotatable bonds is 0. The van der Waals surface area contributed by atoms with E-state index in [0.717, 1.165) is 26.2 Å². The van der Waals surface area contributed by atoms with Gasteiger partial charge in [-0.3, -0.25) is 0 Å². The zero-order valence-corrected chi connectivity index (χ0v) is 15.0. The van der Waals surface area contributed by atoms with E-state index in [1.165, 1.54) is 45.7 Å². The summed E-state index contributed by atoms with van der Waals surface area (Å²) in [6.07, 6.45) is 1.27. The molecule has 1 rings (SSSR count). The summed E-state index contributed by atoms with van der Waals surface area (Å²) in [5.74, 6) is 0. The molecule has 1 fully saturated rings. The lowest BCUT2D eigenvalue weighted by atomic mass is 10.3. The first-order chi connectivity index (χ1) is 9.97. The molecule has 21 heavy (non-hydrogen) atoms. The van der Waals surface area contributed by atoms with Crippen LogP contribution in [0.15, 0.2) is 0 Å². The first kappa shape index (κ1) is 18.8. The van der Waals surface area contributed by atoms with Crippen molar-refractivity contribution in [2.45, 2.75) is 6.42 Å². The van der Waals surface area contributed by atoms with Gasteiger partial charge in [0.25, 0.3) is 0 Å². The molecule has 0 amide bonds. The second-order valence-corrected chi connectivity index (χ2v) is 6.87. The Labute approximate surface area is 132 Å². The molecule has 0 radical (unpaired) electrons. The van der Waals surface area contributed by atoms with Crippen LogP contribution in [0.3, 0.4) is 0 Å². The summed E-state index contributed by atoms with van der Waals surface area (Å²) in [6, 6.07) is 0. The Balaban J connectivity index is 2.43. The van der Waals surface area contributed by atoms with Crippen molar-refractivity contribution in [3.05, 3.63) is 0 Å². The fraction of sp³-hybridized carbons (Fsp3) is 1.00. The van der Waals surface area contributed by atoms with Gasteiger partial charge >= 0.3 is 0 Å². The van der Waals surface area contributed by atoms with E-state index in [1.807, 2.05) is 0 Å². The van der Waals surface area contributed by atoms with Crippen molar-refractivity contribution in [3.8, 4) is 0 Å². The first-order valence-corrected chi connectivity index (χ1v) is 8.40. The molecule has 126 valence electrons. The van der Waals surface area contributed by atoms with Crippen molar-refractivity contribution in [2.24, 2.45) is 0 Å². The summed E-state index contributed by atoms with van der Waals surface area (Å²) in [6.45, 7) is 11.7. The number of likely N-dealkylation sites (N-methyl/N-ethyl adjacent to an activating group) is 5. The molecule has 0 aromatic carbocycles. The van der Waals surface area contributed by atoms with Crippen LogP contribution in [0.2, 0.25) is 0 Å². The molecule has 1 saturated heterocycles. The van der Waals surface area contributed by atoms with E-state index in [1.54, 1.807) is 0 Å². The second kappa shape index (κ2) is 10.5. The molecule has 0 atom stereocenters. The smallest absolute Gasteiger partial charge is 0.0107 e. The van der Waals surface area contributed by atoms with Gasteiger partial charge in [0.1, 0.15) is 0 Å². The Bertz CT molecular complexity index is 237. The van der Waals surface area contributed by atoms with E-state index in [2.05, 4.69) is 59.7 Å². The van der Waals surface area contributed by atoms with E-state index in [0.29, 0.717) is 0 Å². The largest absolute Gasteiger partial charge is 0.305 e. The van der Waals surface area contributed by atoms with Crippen LogP contribution in [-0.4, -0.2) is 125 Å². The van der Waals surface area contributed by atoms with E-state index >= 15 is 0 Å². The molecule has 0 aliphatic carbocycles. The standard InChI is InChI=1S/C16H37N5/c1-17-7-6-8-18(2)10-12-20(4)14-16-21(5)15-13-19(3)11-9-17/h6-16H2,1-5H3. The minimum Gasteiger partial charge on any atom is -0.305 e. The first-order valence-electron chi connectivity index (χ1n) is 8.40. The number of hydrogen-bond donors (Lipinski definition) is 0. The van der Waals surface area contributed by atoms with Gasteiger partial charge in [0, 0.05) is 52.4 Å². The zero-order valence-electron chi connectivity index (χ0n) is 15.0. The molecule has 0 aromatic heterocycles. The summed E-state index contributed by atoms with van der Waals surface area (Å²) < 4.78 is 0. The molecular formula is C16H37N5. The summed E-state index contributed by atoms with van der Waals surface area (Å²) in [7, 11) is 11.2. The fourth-order valence-corrected chi connectivity index (χ4v) is 2.54. The van der Waals surface area contributed by atoms with Gasteiger partial charge in [-0.15, -0.1) is 0 Å². The Morgan fingerprint density at radius 2 is 0.524 bits per heavy atom. The van der Waals surface area contributed by atoms with Gasteiger partial charge in [0.2, 0.25) is 0 Å². The highest BCUT2D eigenvalue weighted by Gasteiger charge is 2.08. The molecule has 0 saturated carbocycles. The Morgan fingerprint density at radius 1 is 0.333 bits per heavy atom. The molecule has 0 bridgehead atoms. The Kier molecular flexibility index (Phi) is 9.44. The molecular weight excluding hydrogens is 262 g/mol. The van der Waals surface area contributed by atoms with Crippen LogP contribution in [0.5, 0.6) is 0 Å². The molecule has 0 unspecified atom stereocenters. The average molecular weight is 300 g/mol. The van der Waals surface area contributed by atoms with Crippen LogP contribution in [0.4, 0.5) is 0 Å². The minimum absolute atomic E-state index is 1.16. The molecule has 5 nitrogen and oxygen atoms in total. The predicted molar refractivity (Wildman–Crippen MR) is 92.1 cm³/mol. The van der Waals surface area contributed by atoms with Gasteiger partial charge in [-0.05, 0) is 54.7 Å². The molecule has 0 spiro atoms. The van der Waals surface area contributed by atoms with Gasteiger partial charge < -0.3 is 24.5 Å². The molecule has 1 heterocycles. The molecule has 1 aliphatic rings. The monoisotopic (exact) mass is 299 g/mol. The lowest BCUT2D eigenvalue weighted by molar-refractivity contribution is 0.190. The Hall–Kier alpha value is -0.200. The van der Waals surface area contributed by atoms with Crippen LogP contribution in [-0.2, 0) is 0 Å². The average Bonchev–Trinajstić information content (AvgIpc) is 2.45. The van der Waals surface area contributed by atoms with Crippen molar-refractivity contribution >= 4 is 0 Å². The third-order valence-electron chi connectivity index (χ3n) is 4.53. The SMILES string of the molecule is CN1CCCN(C)CCN(C)CCN(C)CCN(C)CC1. The summed E-state index contributed by atoms with van der Waals surface area (Å²) in [5, 5.41) is 0. The second-order valence-electron chi connectivity index (χ2n) is 6.87. The topological polar surface area (TPSA) is 16.2 Å². The van der Waals surface area contributed by atoms with Crippen LogP contribution < -0.4 is 0 Å². The molecule has 1 aliphatic heterocycles. The summed E-state index contributed by atoms with van der Waals surface area (Å²) in [5.41, 5.74) is 0. The van der Waals surface area contributed by atoms with Crippen LogP contribution in [0, 0.1) is 0 Å². The number of hydrogen-bond acceptors (Lipinski definition) is 5. The van der Waals surface area contributed by atoms with Crippen LogP contribution in [0.25, 0.3) is 0 Å². The quantitative estimate of drug-likeness (QED) is 0.626. The minimum atomic E-state index is 1.16. The zero-order chi connectivity index (χ0) is 15.7. The van der Waals surface area contributed by atoms with Crippen molar-refractivity contribution in [2.75, 3.05) is 101 Å². The third kappa shape index (κ3) is 9.42. The van der Waals surface area contributed by atoms with Crippen molar-refractivity contribution < 1.29 is 0 Å². The van der Waals surface area contributed by atoms with Gasteiger partial charge in [0.15, 0.2) is 0 Å². The molecule has 0 aromatic rings. The highest BCUT2D eigenvalue weighted by atomic mass is 15.2. The highest BCUT2D eigenvalue weighted by molar-refractivity contribution is 4.65. The predicted octanol–water partition coefficient (Wildman–Crippen LogP) is 0.0491. The highest BCUT2D eigenvalue weighted by Crippen LogP contribution is 1.96. The van der Waals surface area contributed by atoms with Gasteiger partial charge in [-0.2, -0.15) is 0 Å². The third-order valence-corrected chi connectivity index (χ3v) is 4.53. The lowest BCUT2D eigenvalue weighted by Crippen LogP contribution is -2.40. The normalized spacial score (nSPS) is 26.1. The van der Waals surface area contributed by atoms with Gasteiger partial charge in [0.05, 0.1) is 0 Å². The van der Waals surface area contributed by atoms with E-state index < -0.39 is 0 Å². The van der Waals surface area contributed by atoms with Crippen molar-refractivity contribution in [3.63, 3.8) is 0 Å². The molecule has 5 heteroatoms. The molecule has 0 N–H and O–H groups in total. The Morgan fingerprint density at radius 3 is 0.762 bits per heavy atom. The maximum absolute atomic E-state index is 2.46. The van der Waals surface area contributed by atoms with Crippen molar-refractivity contribution in [1.82, 2.24) is 24.5 Å². The maximum Gasteiger partial charge on any atom is 0.0107 e. The lowest BCUT2D eigenvalue weighted by Gasteiger charge is -2.28. The maximum atomic E-state index is 2.46. The summed E-state index contributed by atoms with van der Waals surface area (Å²) in [4.78, 5) is 12.3. The van der Waals surface area contributed by atoms with Gasteiger partial charge in [-0.1, -0.05) is 0 Å². The number of nitrogens with zero attached hydrogens (tertiary/aromatic N) is 5. The van der Waals surface area contributed by atoms with Crippen molar-refractivity contribution in [1.29, 1.82) is 0 Å². The van der Waals surface area contributed by atoms with E-state index in [-0.39, 0.29) is 0 Å². The van der Waals surface area contributed by atoms with Crippen LogP contribution in [0.1, 0.15) is 6.42 Å². The van der Waals surface area contributed by atoms with Gasteiger partial charge in [-0.25, -0.2) is 0 Å². The van der Waals surface area contributed by atoms with E-state index in [4.69, 9.17) is 0 Å².